The maximum absolute atomic E-state index is 12.4. The Hall–Kier alpha value is -2.51. The number of anilines is 1. The molecule has 1 amide bonds. The quantitative estimate of drug-likeness (QED) is 0.831. The Morgan fingerprint density at radius 3 is 2.04 bits per heavy atom. The Labute approximate surface area is 147 Å². The predicted octanol–water partition coefficient (Wildman–Crippen LogP) is 2.70. The molecule has 0 saturated carbocycles. The van der Waals surface area contributed by atoms with Crippen LogP contribution in [-0.2, 0) is 10.0 Å². The van der Waals surface area contributed by atoms with Crippen LogP contribution in [0.25, 0.3) is 0 Å². The molecule has 2 aromatic carbocycles. The van der Waals surface area contributed by atoms with Gasteiger partial charge in [-0.05, 0) is 49.7 Å². The van der Waals surface area contributed by atoms with E-state index in [4.69, 9.17) is 0 Å². The fourth-order valence-corrected chi connectivity index (χ4v) is 3.06. The Balaban J connectivity index is 2.25. The molecule has 0 saturated heterocycles. The molecule has 0 atom stereocenters. The molecule has 0 aromatic heterocycles. The summed E-state index contributed by atoms with van der Waals surface area (Å²) in [4.78, 5) is 24.0. The maximum Gasteiger partial charge on any atom is 0.255 e. The number of carbonyl (C=O) groups is 2. The number of rotatable bonds is 5. The van der Waals surface area contributed by atoms with Crippen LogP contribution in [-0.4, -0.2) is 38.5 Å². The summed E-state index contributed by atoms with van der Waals surface area (Å²) in [7, 11) is -0.646. The lowest BCUT2D eigenvalue weighted by Gasteiger charge is -2.12. The van der Waals surface area contributed by atoms with Gasteiger partial charge in [-0.15, -0.1) is 0 Å². The van der Waals surface area contributed by atoms with E-state index in [0.29, 0.717) is 16.8 Å². The van der Waals surface area contributed by atoms with Crippen molar-refractivity contribution < 1.29 is 18.0 Å². The first-order valence-corrected chi connectivity index (χ1v) is 9.02. The number of ketones is 1. The number of nitrogens with zero attached hydrogens (tertiary/aromatic N) is 1. The zero-order chi connectivity index (χ0) is 18.8. The van der Waals surface area contributed by atoms with E-state index >= 15 is 0 Å². The van der Waals surface area contributed by atoms with Crippen molar-refractivity contribution in [1.82, 2.24) is 4.31 Å². The van der Waals surface area contributed by atoms with Crippen LogP contribution in [0.5, 0.6) is 0 Å². The van der Waals surface area contributed by atoms with Crippen molar-refractivity contribution in [3.8, 4) is 0 Å². The van der Waals surface area contributed by atoms with E-state index in [1.807, 2.05) is 6.92 Å². The molecule has 0 aliphatic rings. The molecule has 0 bridgehead atoms. The third kappa shape index (κ3) is 4.12. The number of amides is 1. The Morgan fingerprint density at radius 2 is 1.52 bits per heavy atom. The van der Waals surface area contributed by atoms with Gasteiger partial charge in [0, 0.05) is 30.9 Å². The number of Topliss-reactive ketones (excluding diaryl/α,β-unsaturated/α-hetero) is 1. The highest BCUT2D eigenvalue weighted by Gasteiger charge is 2.17. The molecule has 25 heavy (non-hydrogen) atoms. The van der Waals surface area contributed by atoms with Gasteiger partial charge >= 0.3 is 0 Å². The van der Waals surface area contributed by atoms with Crippen LogP contribution in [0, 0.1) is 6.92 Å². The van der Waals surface area contributed by atoms with Gasteiger partial charge in [0.05, 0.1) is 4.90 Å². The highest BCUT2D eigenvalue weighted by Crippen LogP contribution is 2.19. The number of sulfonamides is 1. The van der Waals surface area contributed by atoms with Gasteiger partial charge in [-0.2, -0.15) is 0 Å². The lowest BCUT2D eigenvalue weighted by Crippen LogP contribution is -2.22. The number of aryl methyl sites for hydroxylation is 1. The van der Waals surface area contributed by atoms with E-state index in [0.717, 1.165) is 9.87 Å². The van der Waals surface area contributed by atoms with Gasteiger partial charge in [-0.3, -0.25) is 9.59 Å². The molecule has 0 heterocycles. The van der Waals surface area contributed by atoms with E-state index in [-0.39, 0.29) is 16.6 Å². The van der Waals surface area contributed by atoms with E-state index in [1.54, 1.807) is 18.2 Å². The van der Waals surface area contributed by atoms with Crippen molar-refractivity contribution in [2.45, 2.75) is 18.7 Å². The van der Waals surface area contributed by atoms with Crippen LogP contribution in [0.3, 0.4) is 0 Å². The van der Waals surface area contributed by atoms with Crippen molar-refractivity contribution in [1.29, 1.82) is 0 Å². The number of hydrogen-bond donors (Lipinski definition) is 1. The van der Waals surface area contributed by atoms with Gasteiger partial charge in [0.2, 0.25) is 10.0 Å². The summed E-state index contributed by atoms with van der Waals surface area (Å²) >= 11 is 0. The fraction of sp³-hybridized carbons (Fsp3) is 0.222. The van der Waals surface area contributed by atoms with E-state index in [2.05, 4.69) is 5.32 Å². The van der Waals surface area contributed by atoms with E-state index in [9.17, 15) is 18.0 Å². The molecule has 1 N–H and O–H groups in total. The number of carbonyl (C=O) groups excluding carboxylic acids is 2. The monoisotopic (exact) mass is 360 g/mol. The molecule has 0 unspecified atom stereocenters. The van der Waals surface area contributed by atoms with Crippen LogP contribution < -0.4 is 5.32 Å². The van der Waals surface area contributed by atoms with Crippen LogP contribution in [0.15, 0.2) is 47.4 Å². The Bertz CT molecular complexity index is 917. The third-order valence-electron chi connectivity index (χ3n) is 3.79. The van der Waals surface area contributed by atoms with Crippen molar-refractivity contribution >= 4 is 27.4 Å². The molecule has 2 aromatic rings. The van der Waals surface area contributed by atoms with Crippen molar-refractivity contribution in [3.05, 3.63) is 59.2 Å². The highest BCUT2D eigenvalue weighted by atomic mass is 32.2. The summed E-state index contributed by atoms with van der Waals surface area (Å²) < 4.78 is 25.2. The lowest BCUT2D eigenvalue weighted by molar-refractivity contribution is 0.101. The SMILES string of the molecule is CC(=O)c1ccc(C)c(NC(=O)c2ccc(S(=O)(=O)N(C)C)cc2)c1. The van der Waals surface area contributed by atoms with Gasteiger partial charge < -0.3 is 5.32 Å². The van der Waals surface area contributed by atoms with Gasteiger partial charge in [0.1, 0.15) is 0 Å². The average molecular weight is 360 g/mol. The number of nitrogens with one attached hydrogen (secondary N) is 1. The molecule has 0 aliphatic carbocycles. The van der Waals surface area contributed by atoms with Gasteiger partial charge in [-0.1, -0.05) is 12.1 Å². The minimum atomic E-state index is -3.54. The summed E-state index contributed by atoms with van der Waals surface area (Å²) in [5.41, 5.74) is 2.20. The van der Waals surface area contributed by atoms with Gasteiger partial charge in [-0.25, -0.2) is 12.7 Å². The topological polar surface area (TPSA) is 83.5 Å². The molecule has 0 radical (unpaired) electrons. The summed E-state index contributed by atoms with van der Waals surface area (Å²) in [5, 5.41) is 2.75. The summed E-state index contributed by atoms with van der Waals surface area (Å²) in [5.74, 6) is -0.466. The second kappa shape index (κ2) is 7.16. The highest BCUT2D eigenvalue weighted by molar-refractivity contribution is 7.89. The van der Waals surface area contributed by atoms with Crippen molar-refractivity contribution in [2.75, 3.05) is 19.4 Å². The molecule has 132 valence electrons. The van der Waals surface area contributed by atoms with Crippen LogP contribution in [0.4, 0.5) is 5.69 Å². The van der Waals surface area contributed by atoms with Gasteiger partial charge in [0.15, 0.2) is 5.78 Å². The average Bonchev–Trinajstić information content (AvgIpc) is 2.56. The van der Waals surface area contributed by atoms with E-state index in [1.165, 1.54) is 45.3 Å². The predicted molar refractivity (Wildman–Crippen MR) is 96.5 cm³/mol. The van der Waals surface area contributed by atoms with Crippen molar-refractivity contribution in [3.63, 3.8) is 0 Å². The number of benzene rings is 2. The Kier molecular flexibility index (Phi) is 5.39. The first-order chi connectivity index (χ1) is 11.6. The zero-order valence-electron chi connectivity index (χ0n) is 14.5. The first-order valence-electron chi connectivity index (χ1n) is 7.58. The van der Waals surface area contributed by atoms with Gasteiger partial charge in [0.25, 0.3) is 5.91 Å². The summed E-state index contributed by atoms with van der Waals surface area (Å²) in [6.45, 7) is 3.28. The second-order valence-electron chi connectivity index (χ2n) is 5.85. The van der Waals surface area contributed by atoms with Crippen LogP contribution in [0.1, 0.15) is 33.2 Å². The second-order valence-corrected chi connectivity index (χ2v) is 8.00. The standard InChI is InChI=1S/C18H20N2O4S/c1-12-5-6-15(13(2)21)11-17(12)19-18(22)14-7-9-16(10-8-14)25(23,24)20(3)4/h5-11H,1-4H3,(H,19,22). The molecular weight excluding hydrogens is 340 g/mol. The smallest absolute Gasteiger partial charge is 0.255 e. The van der Waals surface area contributed by atoms with Crippen LogP contribution >= 0.6 is 0 Å². The minimum Gasteiger partial charge on any atom is -0.322 e. The fourth-order valence-electron chi connectivity index (χ4n) is 2.16. The third-order valence-corrected chi connectivity index (χ3v) is 5.62. The normalized spacial score (nSPS) is 11.4. The molecular formula is C18H20N2O4S. The molecule has 7 heteroatoms. The molecule has 0 fully saturated rings. The first kappa shape index (κ1) is 18.8. The maximum atomic E-state index is 12.4. The zero-order valence-corrected chi connectivity index (χ0v) is 15.3. The van der Waals surface area contributed by atoms with Crippen molar-refractivity contribution in [2.24, 2.45) is 0 Å². The lowest BCUT2D eigenvalue weighted by atomic mass is 10.1. The summed E-state index contributed by atoms with van der Waals surface area (Å²) in [6, 6.07) is 10.8. The summed E-state index contributed by atoms with van der Waals surface area (Å²) in [6.07, 6.45) is 0. The molecule has 0 aliphatic heterocycles. The molecule has 0 spiro atoms. The minimum absolute atomic E-state index is 0.0891. The molecule has 6 nitrogen and oxygen atoms in total. The van der Waals surface area contributed by atoms with Crippen LogP contribution in [0.2, 0.25) is 0 Å². The molecule has 2 rings (SSSR count). The largest absolute Gasteiger partial charge is 0.322 e. The Morgan fingerprint density at radius 1 is 0.960 bits per heavy atom. The number of hydrogen-bond acceptors (Lipinski definition) is 4. The van der Waals surface area contributed by atoms with E-state index < -0.39 is 10.0 Å².